The van der Waals surface area contributed by atoms with E-state index in [4.69, 9.17) is 20.9 Å². The minimum atomic E-state index is -1.09. The molecule has 1 heterocycles. The standard InChI is InChI=1S/C9H17N3O4/c1-15-9(16-2)4-3-6(8(11)14)12(9)5-7(10)13/h6H,3-5H2,1-2H3,(H2,10,13)(H2,11,14)/t6-/m0/s1. The fraction of sp³-hybridized carbons (Fsp3) is 0.778. The van der Waals surface area contributed by atoms with Gasteiger partial charge in [0.15, 0.2) is 0 Å². The normalized spacial score (nSPS) is 24.5. The van der Waals surface area contributed by atoms with Gasteiger partial charge in [-0.3, -0.25) is 9.59 Å². The van der Waals surface area contributed by atoms with E-state index in [-0.39, 0.29) is 6.54 Å². The third kappa shape index (κ3) is 2.16. The van der Waals surface area contributed by atoms with Gasteiger partial charge in [0.25, 0.3) is 0 Å². The molecule has 1 atom stereocenters. The number of rotatable bonds is 5. The number of primary amides is 2. The average Bonchev–Trinajstić information content (AvgIpc) is 2.56. The molecule has 0 radical (unpaired) electrons. The molecule has 92 valence electrons. The topological polar surface area (TPSA) is 108 Å². The summed E-state index contributed by atoms with van der Waals surface area (Å²) in [6.45, 7) is -0.130. The van der Waals surface area contributed by atoms with Crippen molar-refractivity contribution in [1.29, 1.82) is 0 Å². The highest BCUT2D eigenvalue weighted by Gasteiger charge is 2.49. The average molecular weight is 231 g/mol. The Morgan fingerprint density at radius 2 is 1.94 bits per heavy atom. The molecule has 0 aromatic carbocycles. The summed E-state index contributed by atoms with van der Waals surface area (Å²) in [5.74, 6) is -2.17. The van der Waals surface area contributed by atoms with Crippen LogP contribution in [0.3, 0.4) is 0 Å². The first-order valence-electron chi connectivity index (χ1n) is 4.91. The molecule has 0 aromatic rings. The Labute approximate surface area is 93.6 Å². The highest BCUT2D eigenvalue weighted by Crippen LogP contribution is 2.34. The van der Waals surface area contributed by atoms with Crippen LogP contribution in [-0.2, 0) is 19.1 Å². The first-order valence-corrected chi connectivity index (χ1v) is 4.91. The van der Waals surface area contributed by atoms with Gasteiger partial charge in [0.1, 0.15) is 0 Å². The fourth-order valence-electron chi connectivity index (χ4n) is 2.07. The van der Waals surface area contributed by atoms with E-state index in [1.165, 1.54) is 19.1 Å². The Kier molecular flexibility index (Phi) is 3.84. The molecule has 1 aliphatic heterocycles. The van der Waals surface area contributed by atoms with Crippen molar-refractivity contribution in [3.63, 3.8) is 0 Å². The molecule has 1 aliphatic rings. The molecule has 7 nitrogen and oxygen atoms in total. The highest BCUT2D eigenvalue weighted by atomic mass is 16.7. The Morgan fingerprint density at radius 3 is 2.31 bits per heavy atom. The lowest BCUT2D eigenvalue weighted by molar-refractivity contribution is -0.281. The minimum Gasteiger partial charge on any atom is -0.369 e. The van der Waals surface area contributed by atoms with Gasteiger partial charge >= 0.3 is 0 Å². The Bertz CT molecular complexity index is 290. The second-order valence-electron chi connectivity index (χ2n) is 3.67. The van der Waals surface area contributed by atoms with E-state index >= 15 is 0 Å². The van der Waals surface area contributed by atoms with Crippen LogP contribution in [0.5, 0.6) is 0 Å². The third-order valence-electron chi connectivity index (χ3n) is 2.84. The number of methoxy groups -OCH3 is 2. The Balaban J connectivity index is 2.95. The zero-order valence-corrected chi connectivity index (χ0v) is 9.43. The molecule has 1 rings (SSSR count). The number of amides is 2. The molecule has 4 N–H and O–H groups in total. The highest BCUT2D eigenvalue weighted by molar-refractivity contribution is 5.82. The number of carbonyl (C=O) groups excluding carboxylic acids is 2. The molecule has 0 saturated carbocycles. The number of nitrogens with zero attached hydrogens (tertiary/aromatic N) is 1. The van der Waals surface area contributed by atoms with Crippen molar-refractivity contribution in [2.75, 3.05) is 20.8 Å². The summed E-state index contributed by atoms with van der Waals surface area (Å²) >= 11 is 0. The fourth-order valence-corrected chi connectivity index (χ4v) is 2.07. The predicted molar refractivity (Wildman–Crippen MR) is 54.9 cm³/mol. The Morgan fingerprint density at radius 1 is 1.38 bits per heavy atom. The van der Waals surface area contributed by atoms with E-state index in [0.29, 0.717) is 12.8 Å². The summed E-state index contributed by atoms with van der Waals surface area (Å²) in [5.41, 5.74) is 10.4. The molecule has 0 aliphatic carbocycles. The van der Waals surface area contributed by atoms with Crippen LogP contribution in [0.25, 0.3) is 0 Å². The van der Waals surface area contributed by atoms with Gasteiger partial charge in [-0.2, -0.15) is 0 Å². The first-order chi connectivity index (χ1) is 7.46. The van der Waals surface area contributed by atoms with E-state index in [0.717, 1.165) is 0 Å². The van der Waals surface area contributed by atoms with Crippen molar-refractivity contribution in [3.05, 3.63) is 0 Å². The third-order valence-corrected chi connectivity index (χ3v) is 2.84. The van der Waals surface area contributed by atoms with Gasteiger partial charge in [0.2, 0.25) is 17.7 Å². The SMILES string of the molecule is COC1(OC)CC[C@@H](C(N)=O)N1CC(N)=O. The maximum Gasteiger partial charge on any atom is 0.234 e. The summed E-state index contributed by atoms with van der Waals surface area (Å²) in [5, 5.41) is 0. The smallest absolute Gasteiger partial charge is 0.234 e. The monoisotopic (exact) mass is 231 g/mol. The molecule has 16 heavy (non-hydrogen) atoms. The number of carbonyl (C=O) groups is 2. The van der Waals surface area contributed by atoms with Crippen molar-refractivity contribution < 1.29 is 19.1 Å². The largest absolute Gasteiger partial charge is 0.369 e. The van der Waals surface area contributed by atoms with Gasteiger partial charge in [-0.15, -0.1) is 0 Å². The lowest BCUT2D eigenvalue weighted by atomic mass is 10.2. The van der Waals surface area contributed by atoms with Crippen LogP contribution < -0.4 is 11.5 Å². The van der Waals surface area contributed by atoms with Crippen LogP contribution in [0, 0.1) is 0 Å². The Hall–Kier alpha value is -1.18. The van der Waals surface area contributed by atoms with Crippen molar-refractivity contribution in [2.24, 2.45) is 11.5 Å². The van der Waals surface area contributed by atoms with Crippen LogP contribution >= 0.6 is 0 Å². The van der Waals surface area contributed by atoms with Crippen molar-refractivity contribution in [2.45, 2.75) is 24.8 Å². The van der Waals surface area contributed by atoms with Gasteiger partial charge in [-0.1, -0.05) is 0 Å². The quantitative estimate of drug-likeness (QED) is 0.552. The number of likely N-dealkylation sites (tertiary alicyclic amines) is 1. The van der Waals surface area contributed by atoms with Gasteiger partial charge < -0.3 is 20.9 Å². The van der Waals surface area contributed by atoms with E-state index in [2.05, 4.69) is 0 Å². The number of ether oxygens (including phenoxy) is 2. The molecular weight excluding hydrogens is 214 g/mol. The van der Waals surface area contributed by atoms with Crippen molar-refractivity contribution in [1.82, 2.24) is 4.90 Å². The van der Waals surface area contributed by atoms with Crippen LogP contribution in [0.2, 0.25) is 0 Å². The van der Waals surface area contributed by atoms with Crippen LogP contribution in [0.1, 0.15) is 12.8 Å². The van der Waals surface area contributed by atoms with Gasteiger partial charge in [-0.25, -0.2) is 4.90 Å². The van der Waals surface area contributed by atoms with Crippen LogP contribution in [-0.4, -0.2) is 49.4 Å². The molecule has 1 saturated heterocycles. The van der Waals surface area contributed by atoms with E-state index in [9.17, 15) is 9.59 Å². The van der Waals surface area contributed by atoms with Gasteiger partial charge in [0.05, 0.1) is 12.6 Å². The first kappa shape index (κ1) is 12.9. The lowest BCUT2D eigenvalue weighted by Gasteiger charge is -2.36. The summed E-state index contributed by atoms with van der Waals surface area (Å²) in [6, 6.07) is -0.590. The molecular formula is C9H17N3O4. The molecule has 7 heteroatoms. The van der Waals surface area contributed by atoms with E-state index in [1.54, 1.807) is 0 Å². The molecule has 0 spiro atoms. The van der Waals surface area contributed by atoms with Gasteiger partial charge in [-0.05, 0) is 6.42 Å². The number of hydrogen-bond donors (Lipinski definition) is 2. The summed E-state index contributed by atoms with van der Waals surface area (Å²) in [7, 11) is 2.89. The molecule has 0 aromatic heterocycles. The van der Waals surface area contributed by atoms with Crippen molar-refractivity contribution >= 4 is 11.8 Å². The van der Waals surface area contributed by atoms with E-state index < -0.39 is 23.8 Å². The van der Waals surface area contributed by atoms with Crippen molar-refractivity contribution in [3.8, 4) is 0 Å². The predicted octanol–water partition coefficient (Wildman–Crippen LogP) is -1.63. The number of nitrogens with two attached hydrogens (primary N) is 2. The molecule has 1 fully saturated rings. The summed E-state index contributed by atoms with van der Waals surface area (Å²) in [4.78, 5) is 23.6. The minimum absolute atomic E-state index is 0.130. The summed E-state index contributed by atoms with van der Waals surface area (Å²) < 4.78 is 10.5. The molecule has 0 unspecified atom stereocenters. The second kappa shape index (κ2) is 4.77. The van der Waals surface area contributed by atoms with E-state index in [1.807, 2.05) is 0 Å². The zero-order valence-electron chi connectivity index (χ0n) is 9.43. The van der Waals surface area contributed by atoms with Crippen LogP contribution in [0.4, 0.5) is 0 Å². The maximum atomic E-state index is 11.2. The molecule has 2 amide bonds. The van der Waals surface area contributed by atoms with Gasteiger partial charge in [0, 0.05) is 20.6 Å². The lowest BCUT2D eigenvalue weighted by Crippen LogP contribution is -2.56. The second-order valence-corrected chi connectivity index (χ2v) is 3.67. The molecule has 0 bridgehead atoms. The van der Waals surface area contributed by atoms with Crippen LogP contribution in [0.15, 0.2) is 0 Å². The summed E-state index contributed by atoms with van der Waals surface area (Å²) in [6.07, 6.45) is 0.936. The number of hydrogen-bond acceptors (Lipinski definition) is 5. The zero-order chi connectivity index (χ0) is 12.3. The maximum absolute atomic E-state index is 11.2.